The highest BCUT2D eigenvalue weighted by Crippen LogP contribution is 2.30. The van der Waals surface area contributed by atoms with Gasteiger partial charge >= 0.3 is 0 Å². The van der Waals surface area contributed by atoms with Gasteiger partial charge in [-0.3, -0.25) is 0 Å². The molecule has 2 heterocycles. The molecule has 0 bridgehead atoms. The van der Waals surface area contributed by atoms with E-state index in [1.807, 2.05) is 25.2 Å². The van der Waals surface area contributed by atoms with Gasteiger partial charge in [0, 0.05) is 13.1 Å². The van der Waals surface area contributed by atoms with E-state index >= 15 is 0 Å². The van der Waals surface area contributed by atoms with E-state index in [-0.39, 0.29) is 0 Å². The summed E-state index contributed by atoms with van der Waals surface area (Å²) >= 11 is 1.81. The lowest BCUT2D eigenvalue weighted by Crippen LogP contribution is -2.16. The summed E-state index contributed by atoms with van der Waals surface area (Å²) in [7, 11) is 0. The molecule has 1 fully saturated rings. The Bertz CT molecular complexity index is 411. The predicted octanol–water partition coefficient (Wildman–Crippen LogP) is 3.92. The van der Waals surface area contributed by atoms with Crippen molar-refractivity contribution in [1.29, 1.82) is 0 Å². The van der Waals surface area contributed by atoms with E-state index in [4.69, 9.17) is 0 Å². The number of hydrogen-bond acceptors (Lipinski definition) is 3. The van der Waals surface area contributed by atoms with Crippen molar-refractivity contribution < 1.29 is 0 Å². The molecule has 86 valence electrons. The van der Waals surface area contributed by atoms with Crippen LogP contribution in [0.1, 0.15) is 26.7 Å². The minimum Gasteiger partial charge on any atom is -0.348 e. The zero-order valence-electron chi connectivity index (χ0n) is 9.94. The highest BCUT2D eigenvalue weighted by atomic mass is 32.1. The SMILES string of the molecule is CC.c1ccc2sc(N3CCCC3)nc2c1. The lowest BCUT2D eigenvalue weighted by molar-refractivity contribution is 0.949. The van der Waals surface area contributed by atoms with Gasteiger partial charge in [0.05, 0.1) is 10.2 Å². The number of hydrogen-bond donors (Lipinski definition) is 0. The van der Waals surface area contributed by atoms with E-state index in [1.54, 1.807) is 0 Å². The lowest BCUT2D eigenvalue weighted by Gasteiger charge is -2.11. The molecule has 2 nitrogen and oxygen atoms in total. The van der Waals surface area contributed by atoms with E-state index in [9.17, 15) is 0 Å². The normalized spacial score (nSPS) is 15.0. The highest BCUT2D eigenvalue weighted by molar-refractivity contribution is 7.22. The summed E-state index contributed by atoms with van der Waals surface area (Å²) in [6, 6.07) is 8.36. The molecule has 0 unspecified atom stereocenters. The molecule has 16 heavy (non-hydrogen) atoms. The zero-order chi connectivity index (χ0) is 11.4. The smallest absolute Gasteiger partial charge is 0.186 e. The Labute approximate surface area is 101 Å². The minimum absolute atomic E-state index is 1.14. The standard InChI is InChI=1S/C11H12N2S.C2H6/c1-2-6-10-9(5-1)12-11(14-10)13-7-3-4-8-13;1-2/h1-2,5-6H,3-4,7-8H2;1-2H3. The Morgan fingerprint density at radius 2 is 1.81 bits per heavy atom. The maximum absolute atomic E-state index is 4.64. The Morgan fingerprint density at radius 1 is 1.12 bits per heavy atom. The third kappa shape index (κ3) is 2.19. The molecule has 3 heteroatoms. The molecule has 0 radical (unpaired) electrons. The maximum atomic E-state index is 4.64. The summed E-state index contributed by atoms with van der Waals surface area (Å²) in [6.07, 6.45) is 2.63. The average Bonchev–Trinajstić information content (AvgIpc) is 3.00. The van der Waals surface area contributed by atoms with Crippen molar-refractivity contribution in [2.24, 2.45) is 0 Å². The number of anilines is 1. The number of rotatable bonds is 1. The number of benzene rings is 1. The van der Waals surface area contributed by atoms with Crippen LogP contribution < -0.4 is 4.90 Å². The second-order valence-electron chi connectivity index (χ2n) is 3.66. The first-order valence-electron chi connectivity index (χ1n) is 6.04. The quantitative estimate of drug-likeness (QED) is 0.743. The van der Waals surface area contributed by atoms with E-state index in [1.165, 1.54) is 35.8 Å². The molecule has 1 saturated heterocycles. The Balaban J connectivity index is 0.000000457. The number of nitrogens with zero attached hydrogens (tertiary/aromatic N) is 2. The molecular weight excluding hydrogens is 216 g/mol. The zero-order valence-corrected chi connectivity index (χ0v) is 10.8. The van der Waals surface area contributed by atoms with Gasteiger partial charge in [-0.25, -0.2) is 4.98 Å². The van der Waals surface area contributed by atoms with Crippen LogP contribution in [0.25, 0.3) is 10.2 Å². The van der Waals surface area contributed by atoms with E-state index < -0.39 is 0 Å². The van der Waals surface area contributed by atoms with Gasteiger partial charge in [0.1, 0.15) is 0 Å². The fourth-order valence-electron chi connectivity index (χ4n) is 1.90. The summed E-state index contributed by atoms with van der Waals surface area (Å²) < 4.78 is 1.30. The monoisotopic (exact) mass is 234 g/mol. The van der Waals surface area contributed by atoms with E-state index in [2.05, 4.69) is 34.1 Å². The van der Waals surface area contributed by atoms with Crippen molar-refractivity contribution in [2.45, 2.75) is 26.7 Å². The molecule has 1 aromatic heterocycles. The van der Waals surface area contributed by atoms with Gasteiger partial charge in [0.25, 0.3) is 0 Å². The maximum Gasteiger partial charge on any atom is 0.186 e. The molecule has 0 aliphatic carbocycles. The molecule has 1 aliphatic heterocycles. The first-order chi connectivity index (χ1) is 7.93. The fourth-order valence-corrected chi connectivity index (χ4v) is 2.92. The van der Waals surface area contributed by atoms with Crippen molar-refractivity contribution in [3.8, 4) is 0 Å². The third-order valence-corrected chi connectivity index (χ3v) is 3.76. The van der Waals surface area contributed by atoms with Crippen LogP contribution in [0.2, 0.25) is 0 Å². The van der Waals surface area contributed by atoms with Gasteiger partial charge in [-0.05, 0) is 25.0 Å². The average molecular weight is 234 g/mol. The van der Waals surface area contributed by atoms with Crippen LogP contribution >= 0.6 is 11.3 Å². The Kier molecular flexibility index (Phi) is 3.78. The van der Waals surface area contributed by atoms with Crippen molar-refractivity contribution >= 4 is 26.7 Å². The molecule has 0 spiro atoms. The Morgan fingerprint density at radius 3 is 2.50 bits per heavy atom. The van der Waals surface area contributed by atoms with Gasteiger partial charge < -0.3 is 4.90 Å². The minimum atomic E-state index is 1.14. The largest absolute Gasteiger partial charge is 0.348 e. The molecular formula is C13H18N2S. The van der Waals surface area contributed by atoms with Crippen molar-refractivity contribution in [2.75, 3.05) is 18.0 Å². The molecule has 3 rings (SSSR count). The van der Waals surface area contributed by atoms with Gasteiger partial charge in [-0.1, -0.05) is 37.3 Å². The number of thiazole rings is 1. The van der Waals surface area contributed by atoms with Crippen LogP contribution in [0.4, 0.5) is 5.13 Å². The summed E-state index contributed by atoms with van der Waals surface area (Å²) in [5.41, 5.74) is 1.14. The van der Waals surface area contributed by atoms with Crippen LogP contribution in [0.15, 0.2) is 24.3 Å². The number of para-hydroxylation sites is 1. The van der Waals surface area contributed by atoms with Crippen LogP contribution in [0.5, 0.6) is 0 Å². The van der Waals surface area contributed by atoms with Crippen molar-refractivity contribution in [1.82, 2.24) is 4.98 Å². The van der Waals surface area contributed by atoms with Crippen LogP contribution in [-0.4, -0.2) is 18.1 Å². The Hall–Kier alpha value is -1.09. The van der Waals surface area contributed by atoms with E-state index in [0.29, 0.717) is 0 Å². The number of fused-ring (bicyclic) bond motifs is 1. The topological polar surface area (TPSA) is 16.1 Å². The summed E-state index contributed by atoms with van der Waals surface area (Å²) in [5.74, 6) is 0. The molecule has 0 saturated carbocycles. The molecule has 1 aliphatic rings. The van der Waals surface area contributed by atoms with Gasteiger partial charge in [-0.2, -0.15) is 0 Å². The van der Waals surface area contributed by atoms with Crippen LogP contribution in [0.3, 0.4) is 0 Å². The summed E-state index contributed by atoms with van der Waals surface area (Å²) in [5, 5.41) is 1.20. The predicted molar refractivity (Wildman–Crippen MR) is 72.4 cm³/mol. The van der Waals surface area contributed by atoms with E-state index in [0.717, 1.165) is 5.52 Å². The second-order valence-corrected chi connectivity index (χ2v) is 4.67. The molecule has 2 aromatic rings. The van der Waals surface area contributed by atoms with Gasteiger partial charge in [-0.15, -0.1) is 0 Å². The fraction of sp³-hybridized carbons (Fsp3) is 0.462. The number of aromatic nitrogens is 1. The third-order valence-electron chi connectivity index (χ3n) is 2.66. The van der Waals surface area contributed by atoms with Gasteiger partial charge in [0.2, 0.25) is 0 Å². The summed E-state index contributed by atoms with van der Waals surface area (Å²) in [4.78, 5) is 7.03. The first-order valence-corrected chi connectivity index (χ1v) is 6.86. The van der Waals surface area contributed by atoms with Crippen LogP contribution in [0, 0.1) is 0 Å². The summed E-state index contributed by atoms with van der Waals surface area (Å²) in [6.45, 7) is 6.36. The lowest BCUT2D eigenvalue weighted by atomic mass is 10.3. The second kappa shape index (κ2) is 5.30. The highest BCUT2D eigenvalue weighted by Gasteiger charge is 2.15. The molecule has 0 N–H and O–H groups in total. The van der Waals surface area contributed by atoms with Crippen molar-refractivity contribution in [3.05, 3.63) is 24.3 Å². The molecule has 0 atom stereocenters. The van der Waals surface area contributed by atoms with Crippen molar-refractivity contribution in [3.63, 3.8) is 0 Å². The first kappa shape index (κ1) is 11.4. The molecule has 1 aromatic carbocycles. The van der Waals surface area contributed by atoms with Gasteiger partial charge in [0.15, 0.2) is 5.13 Å². The molecule has 0 amide bonds. The van der Waals surface area contributed by atoms with Crippen LogP contribution in [-0.2, 0) is 0 Å².